The molecule has 1 N–H and O–H groups in total. The Hall–Kier alpha value is -3.57. The van der Waals surface area contributed by atoms with Crippen LogP contribution >= 0.6 is 31.9 Å². The van der Waals surface area contributed by atoms with E-state index < -0.39 is 11.7 Å². The number of benzene rings is 3. The summed E-state index contributed by atoms with van der Waals surface area (Å²) >= 11 is 6.91. The Morgan fingerprint density at radius 1 is 1.12 bits per heavy atom. The van der Waals surface area contributed by atoms with Crippen molar-refractivity contribution in [3.63, 3.8) is 0 Å². The van der Waals surface area contributed by atoms with Gasteiger partial charge in [-0.05, 0) is 83.4 Å². The van der Waals surface area contributed by atoms with E-state index in [1.807, 2.05) is 19.1 Å². The Morgan fingerprint density at radius 3 is 2.70 bits per heavy atom. The number of nitrogens with one attached hydrogen (secondary N) is 1. The fourth-order valence-electron chi connectivity index (χ4n) is 3.90. The molecule has 0 saturated carbocycles. The molecule has 8 nitrogen and oxygen atoms in total. The molecular formula is C29H27Br2FN4O4. The van der Waals surface area contributed by atoms with Crippen molar-refractivity contribution >= 4 is 60.6 Å². The number of rotatable bonds is 11. The van der Waals surface area contributed by atoms with E-state index in [1.54, 1.807) is 30.5 Å². The minimum Gasteiger partial charge on any atom is -0.490 e. The van der Waals surface area contributed by atoms with Crippen molar-refractivity contribution in [2.45, 2.75) is 33.1 Å². The number of ether oxygens (including phenoxy) is 2. The van der Waals surface area contributed by atoms with Gasteiger partial charge in [-0.2, -0.15) is 9.78 Å². The molecule has 0 radical (unpaired) electrons. The molecule has 4 aromatic rings. The normalized spacial score (nSPS) is 11.2. The molecule has 0 atom stereocenters. The molecule has 3 aromatic carbocycles. The largest absolute Gasteiger partial charge is 0.490 e. The van der Waals surface area contributed by atoms with Crippen molar-refractivity contribution in [2.75, 3.05) is 18.5 Å². The van der Waals surface area contributed by atoms with Crippen molar-refractivity contribution in [2.24, 2.45) is 5.10 Å². The van der Waals surface area contributed by atoms with Gasteiger partial charge in [-0.1, -0.05) is 35.3 Å². The van der Waals surface area contributed by atoms with Crippen LogP contribution in [0.1, 0.15) is 38.1 Å². The number of hydrogen-bond donors (Lipinski definition) is 1. The number of halogens is 3. The fourth-order valence-corrected chi connectivity index (χ4v) is 4.84. The molecule has 1 aromatic heterocycles. The lowest BCUT2D eigenvalue weighted by Crippen LogP contribution is -2.22. The van der Waals surface area contributed by atoms with Crippen LogP contribution in [0.3, 0.4) is 0 Å². The Bertz CT molecular complexity index is 1620. The van der Waals surface area contributed by atoms with Crippen molar-refractivity contribution in [1.82, 2.24) is 9.66 Å². The fraction of sp³-hybridized carbons (Fsp3) is 0.241. The van der Waals surface area contributed by atoms with E-state index in [-0.39, 0.29) is 12.2 Å². The SMILES string of the molecule is CCCCc1nc2ccc(Br)cc2c(=O)n1N=Cc1cc(Br)c(OCC(=O)Nc2cccc(F)c2)c(OCC)c1. The highest BCUT2D eigenvalue weighted by atomic mass is 79.9. The van der Waals surface area contributed by atoms with Gasteiger partial charge in [0.1, 0.15) is 11.6 Å². The second kappa shape index (κ2) is 13.7. The van der Waals surface area contributed by atoms with Crippen LogP contribution < -0.4 is 20.3 Å². The summed E-state index contributed by atoms with van der Waals surface area (Å²) in [6.07, 6.45) is 3.97. The Labute approximate surface area is 247 Å². The number of nitrogens with zero attached hydrogens (tertiary/aromatic N) is 3. The summed E-state index contributed by atoms with van der Waals surface area (Å²) in [7, 11) is 0. The van der Waals surface area contributed by atoms with Crippen LogP contribution in [0, 0.1) is 5.82 Å². The van der Waals surface area contributed by atoms with Crippen LogP contribution in [0.5, 0.6) is 11.5 Å². The lowest BCUT2D eigenvalue weighted by molar-refractivity contribution is -0.118. The first kappa shape index (κ1) is 29.4. The number of unbranched alkanes of at least 4 members (excludes halogenated alkanes) is 1. The van der Waals surface area contributed by atoms with Gasteiger partial charge >= 0.3 is 0 Å². The second-order valence-electron chi connectivity index (χ2n) is 8.76. The summed E-state index contributed by atoms with van der Waals surface area (Å²) in [5.74, 6) is 0.373. The van der Waals surface area contributed by atoms with E-state index in [1.165, 1.54) is 22.9 Å². The predicted molar refractivity (Wildman–Crippen MR) is 161 cm³/mol. The minimum absolute atomic E-state index is 0.262. The van der Waals surface area contributed by atoms with Gasteiger partial charge in [-0.15, -0.1) is 0 Å². The number of carbonyl (C=O) groups excluding carboxylic acids is 1. The van der Waals surface area contributed by atoms with Gasteiger partial charge < -0.3 is 14.8 Å². The second-order valence-corrected chi connectivity index (χ2v) is 10.5. The smallest absolute Gasteiger partial charge is 0.282 e. The van der Waals surface area contributed by atoms with E-state index in [0.717, 1.165) is 17.3 Å². The van der Waals surface area contributed by atoms with Crippen molar-refractivity contribution in [3.8, 4) is 11.5 Å². The van der Waals surface area contributed by atoms with E-state index >= 15 is 0 Å². The average Bonchev–Trinajstić information content (AvgIpc) is 2.91. The average molecular weight is 674 g/mol. The third kappa shape index (κ3) is 7.33. The third-order valence-corrected chi connectivity index (χ3v) is 6.82. The molecule has 0 aliphatic heterocycles. The molecule has 0 unspecified atom stereocenters. The Kier molecular flexibility index (Phi) is 10.1. The molecule has 4 rings (SSSR count). The van der Waals surface area contributed by atoms with Gasteiger partial charge in [-0.3, -0.25) is 9.59 Å². The van der Waals surface area contributed by atoms with E-state index in [4.69, 9.17) is 14.5 Å². The molecule has 0 aliphatic carbocycles. The lowest BCUT2D eigenvalue weighted by atomic mass is 10.2. The van der Waals surface area contributed by atoms with Crippen molar-refractivity contribution in [1.29, 1.82) is 0 Å². The number of anilines is 1. The van der Waals surface area contributed by atoms with Crippen LogP contribution in [0.25, 0.3) is 10.9 Å². The molecule has 11 heteroatoms. The zero-order valence-electron chi connectivity index (χ0n) is 21.9. The first-order valence-electron chi connectivity index (χ1n) is 12.7. The Morgan fingerprint density at radius 2 is 1.95 bits per heavy atom. The van der Waals surface area contributed by atoms with Crippen LogP contribution in [0.4, 0.5) is 10.1 Å². The summed E-state index contributed by atoms with van der Waals surface area (Å²) < 4.78 is 27.6. The molecule has 0 bridgehead atoms. The van der Waals surface area contributed by atoms with Gasteiger partial charge in [-0.25, -0.2) is 9.37 Å². The van der Waals surface area contributed by atoms with Crippen LogP contribution in [0.2, 0.25) is 0 Å². The summed E-state index contributed by atoms with van der Waals surface area (Å²) in [5, 5.41) is 7.55. The number of aromatic nitrogens is 2. The lowest BCUT2D eigenvalue weighted by Gasteiger charge is -2.15. The molecule has 0 saturated heterocycles. The molecule has 40 heavy (non-hydrogen) atoms. The van der Waals surface area contributed by atoms with Crippen LogP contribution in [-0.4, -0.2) is 35.0 Å². The molecule has 0 aliphatic rings. The molecule has 1 amide bonds. The maximum absolute atomic E-state index is 13.4. The third-order valence-electron chi connectivity index (χ3n) is 5.74. The minimum atomic E-state index is -0.458. The standard InChI is InChI=1S/C29H27Br2FN4O4/c1-3-5-9-26-35-24-11-10-19(30)14-22(24)29(38)36(26)33-16-18-12-23(31)28(25(13-18)39-4-2)40-17-27(37)34-21-8-6-7-20(32)15-21/h6-8,10-16H,3-5,9,17H2,1-2H3,(H,34,37). The molecule has 1 heterocycles. The van der Waals surface area contributed by atoms with E-state index in [0.29, 0.717) is 57.0 Å². The highest BCUT2D eigenvalue weighted by Crippen LogP contribution is 2.36. The zero-order chi connectivity index (χ0) is 28.6. The van der Waals surface area contributed by atoms with Crippen molar-refractivity contribution < 1.29 is 18.7 Å². The van der Waals surface area contributed by atoms with Gasteiger partial charge in [0, 0.05) is 16.6 Å². The zero-order valence-corrected chi connectivity index (χ0v) is 25.1. The number of carbonyl (C=O) groups is 1. The monoisotopic (exact) mass is 672 g/mol. The quantitative estimate of drug-likeness (QED) is 0.179. The number of fused-ring (bicyclic) bond motifs is 1. The molecular weight excluding hydrogens is 647 g/mol. The number of hydrogen-bond acceptors (Lipinski definition) is 6. The maximum atomic E-state index is 13.4. The van der Waals surface area contributed by atoms with Crippen LogP contribution in [0.15, 0.2) is 73.4 Å². The first-order valence-corrected chi connectivity index (χ1v) is 14.3. The summed E-state index contributed by atoms with van der Waals surface area (Å²) in [6.45, 7) is 3.93. The number of amides is 1. The predicted octanol–water partition coefficient (Wildman–Crippen LogP) is 6.70. The Balaban J connectivity index is 1.60. The van der Waals surface area contributed by atoms with E-state index in [9.17, 15) is 14.0 Å². The molecule has 0 spiro atoms. The summed E-state index contributed by atoms with van der Waals surface area (Å²) in [4.78, 5) is 30.4. The van der Waals surface area contributed by atoms with Gasteiger partial charge in [0.25, 0.3) is 11.5 Å². The summed E-state index contributed by atoms with van der Waals surface area (Å²) in [5.41, 5.74) is 1.32. The van der Waals surface area contributed by atoms with Crippen molar-refractivity contribution in [3.05, 3.63) is 91.1 Å². The summed E-state index contributed by atoms with van der Waals surface area (Å²) in [6, 6.07) is 14.5. The number of aryl methyl sites for hydroxylation is 1. The first-order chi connectivity index (χ1) is 19.3. The highest BCUT2D eigenvalue weighted by molar-refractivity contribution is 9.10. The van der Waals surface area contributed by atoms with E-state index in [2.05, 4.69) is 49.2 Å². The molecule has 0 fully saturated rings. The molecule has 208 valence electrons. The van der Waals surface area contributed by atoms with Gasteiger partial charge in [0.2, 0.25) is 0 Å². The highest BCUT2D eigenvalue weighted by Gasteiger charge is 2.15. The van der Waals surface area contributed by atoms with Gasteiger partial charge in [0.15, 0.2) is 18.1 Å². The van der Waals surface area contributed by atoms with Gasteiger partial charge in [0.05, 0.1) is 28.2 Å². The topological polar surface area (TPSA) is 94.8 Å². The maximum Gasteiger partial charge on any atom is 0.282 e. The van der Waals surface area contributed by atoms with Crippen LogP contribution in [-0.2, 0) is 11.2 Å².